The molecule has 0 saturated heterocycles. The zero-order valence-corrected chi connectivity index (χ0v) is 17.0. The summed E-state index contributed by atoms with van der Waals surface area (Å²) >= 11 is 0. The van der Waals surface area contributed by atoms with E-state index in [2.05, 4.69) is 83.0 Å². The third kappa shape index (κ3) is 5.23. The van der Waals surface area contributed by atoms with Gasteiger partial charge in [0.15, 0.2) is 0 Å². The van der Waals surface area contributed by atoms with Crippen molar-refractivity contribution < 1.29 is 4.74 Å². The molecule has 3 heteroatoms. The number of nitriles is 1. The largest absolute Gasteiger partial charge is 0.356 e. The summed E-state index contributed by atoms with van der Waals surface area (Å²) in [7, 11) is 0. The number of hydrogen-bond acceptors (Lipinski definition) is 2. The minimum Gasteiger partial charge on any atom is -0.356 e. The molecule has 0 aliphatic rings. The van der Waals surface area contributed by atoms with Gasteiger partial charge >= 0.3 is 0 Å². The SMILES string of the molecule is N#Cc1ccc(C#CCOCC#Cc2cn(Cc3ccccc3)c3ccccc23)cc1. The second-order valence-electron chi connectivity index (χ2n) is 6.96. The van der Waals surface area contributed by atoms with E-state index in [4.69, 9.17) is 10.00 Å². The molecule has 0 aliphatic carbocycles. The molecule has 0 fully saturated rings. The number of fused-ring (bicyclic) bond motifs is 1. The first-order chi connectivity index (χ1) is 15.3. The maximum Gasteiger partial charge on any atom is 0.109 e. The van der Waals surface area contributed by atoms with Gasteiger partial charge in [0.25, 0.3) is 0 Å². The molecule has 31 heavy (non-hydrogen) atoms. The Labute approximate surface area is 182 Å². The van der Waals surface area contributed by atoms with Gasteiger partial charge in [-0.05, 0) is 35.9 Å². The summed E-state index contributed by atoms with van der Waals surface area (Å²) in [4.78, 5) is 0. The maximum atomic E-state index is 8.81. The molecule has 148 valence electrons. The molecule has 1 heterocycles. The Hall–Kier alpha value is -4.23. The molecule has 3 aromatic carbocycles. The molecule has 4 aromatic rings. The van der Waals surface area contributed by atoms with Gasteiger partial charge in [0.2, 0.25) is 0 Å². The van der Waals surface area contributed by atoms with Crippen LogP contribution in [0.3, 0.4) is 0 Å². The van der Waals surface area contributed by atoms with Gasteiger partial charge in [-0.1, -0.05) is 72.2 Å². The minimum atomic E-state index is 0.310. The number of rotatable bonds is 4. The van der Waals surface area contributed by atoms with Crippen LogP contribution in [-0.2, 0) is 11.3 Å². The highest BCUT2D eigenvalue weighted by molar-refractivity contribution is 5.86. The van der Waals surface area contributed by atoms with E-state index in [1.165, 1.54) is 11.1 Å². The fourth-order valence-electron chi connectivity index (χ4n) is 3.31. The number of ether oxygens (including phenoxy) is 1. The van der Waals surface area contributed by atoms with Crippen molar-refractivity contribution in [2.45, 2.75) is 6.54 Å². The Morgan fingerprint density at radius 2 is 1.42 bits per heavy atom. The van der Waals surface area contributed by atoms with Gasteiger partial charge in [-0.25, -0.2) is 0 Å². The quantitative estimate of drug-likeness (QED) is 0.358. The summed E-state index contributed by atoms with van der Waals surface area (Å²) in [5.41, 5.74) is 4.91. The lowest BCUT2D eigenvalue weighted by atomic mass is 10.1. The normalized spacial score (nSPS) is 9.90. The second-order valence-corrected chi connectivity index (χ2v) is 6.96. The predicted molar refractivity (Wildman–Crippen MR) is 123 cm³/mol. The molecule has 0 atom stereocenters. The van der Waals surface area contributed by atoms with Crippen LogP contribution in [0.25, 0.3) is 10.9 Å². The van der Waals surface area contributed by atoms with E-state index >= 15 is 0 Å². The van der Waals surface area contributed by atoms with Crippen molar-refractivity contribution in [2.75, 3.05) is 13.2 Å². The van der Waals surface area contributed by atoms with Crippen molar-refractivity contribution in [1.82, 2.24) is 4.57 Å². The van der Waals surface area contributed by atoms with Crippen molar-refractivity contribution in [3.63, 3.8) is 0 Å². The number of benzene rings is 3. The van der Waals surface area contributed by atoms with Crippen molar-refractivity contribution >= 4 is 10.9 Å². The summed E-state index contributed by atoms with van der Waals surface area (Å²) in [6.07, 6.45) is 2.11. The highest BCUT2D eigenvalue weighted by Gasteiger charge is 2.06. The van der Waals surface area contributed by atoms with Gasteiger partial charge in [-0.3, -0.25) is 0 Å². The third-order valence-electron chi connectivity index (χ3n) is 4.80. The Morgan fingerprint density at radius 3 is 2.19 bits per heavy atom. The number of para-hydroxylation sites is 1. The summed E-state index contributed by atoms with van der Waals surface area (Å²) < 4.78 is 7.76. The molecule has 0 radical (unpaired) electrons. The van der Waals surface area contributed by atoms with Crippen LogP contribution in [0.15, 0.2) is 85.1 Å². The summed E-state index contributed by atoms with van der Waals surface area (Å²) in [5.74, 6) is 12.3. The first-order valence-corrected chi connectivity index (χ1v) is 10.0. The highest BCUT2D eigenvalue weighted by Crippen LogP contribution is 2.21. The van der Waals surface area contributed by atoms with E-state index in [1.54, 1.807) is 12.1 Å². The first-order valence-electron chi connectivity index (χ1n) is 10.0. The Kier molecular flexibility index (Phi) is 6.47. The van der Waals surface area contributed by atoms with Crippen LogP contribution in [0.5, 0.6) is 0 Å². The average Bonchev–Trinajstić information content (AvgIpc) is 3.17. The predicted octanol–water partition coefficient (Wildman–Crippen LogP) is 4.98. The maximum absolute atomic E-state index is 8.81. The summed E-state index contributed by atoms with van der Waals surface area (Å²) in [5, 5.41) is 9.96. The van der Waals surface area contributed by atoms with Crippen molar-refractivity contribution in [1.29, 1.82) is 5.26 Å². The standard InChI is InChI=1S/C28H20N2O/c29-20-24-16-14-23(15-17-24)10-6-18-31-19-7-11-26-22-30(21-25-8-2-1-3-9-25)28-13-5-4-12-27(26)28/h1-5,8-9,12-17,22H,18-19,21H2. The lowest BCUT2D eigenvalue weighted by molar-refractivity contribution is 0.204. The van der Waals surface area contributed by atoms with Gasteiger partial charge in [-0.2, -0.15) is 5.26 Å². The lowest BCUT2D eigenvalue weighted by Crippen LogP contribution is -1.97. The molecule has 0 bridgehead atoms. The van der Waals surface area contributed by atoms with Gasteiger partial charge in [-0.15, -0.1) is 0 Å². The van der Waals surface area contributed by atoms with Gasteiger partial charge in [0.1, 0.15) is 13.2 Å². The Balaban J connectivity index is 1.38. The molecule has 3 nitrogen and oxygen atoms in total. The Bertz CT molecular complexity index is 1340. The smallest absolute Gasteiger partial charge is 0.109 e. The zero-order valence-electron chi connectivity index (χ0n) is 17.0. The lowest BCUT2D eigenvalue weighted by Gasteiger charge is -2.04. The molecule has 0 saturated carbocycles. The minimum absolute atomic E-state index is 0.310. The summed E-state index contributed by atoms with van der Waals surface area (Å²) in [6, 6.07) is 28.0. The van der Waals surface area contributed by atoms with Crippen LogP contribution in [0.2, 0.25) is 0 Å². The molecule has 1 aromatic heterocycles. The molecular weight excluding hydrogens is 380 g/mol. The van der Waals surface area contributed by atoms with E-state index in [1.807, 2.05) is 24.3 Å². The Morgan fingerprint density at radius 1 is 0.742 bits per heavy atom. The average molecular weight is 400 g/mol. The van der Waals surface area contributed by atoms with E-state index in [9.17, 15) is 0 Å². The number of nitrogens with zero attached hydrogens (tertiary/aromatic N) is 2. The van der Waals surface area contributed by atoms with Crippen LogP contribution in [0.4, 0.5) is 0 Å². The monoisotopic (exact) mass is 400 g/mol. The van der Waals surface area contributed by atoms with E-state index < -0.39 is 0 Å². The zero-order chi connectivity index (χ0) is 21.3. The molecule has 0 amide bonds. The third-order valence-corrected chi connectivity index (χ3v) is 4.80. The van der Waals surface area contributed by atoms with E-state index in [0.29, 0.717) is 18.8 Å². The van der Waals surface area contributed by atoms with Crippen molar-refractivity contribution in [3.8, 4) is 29.8 Å². The topological polar surface area (TPSA) is 37.9 Å². The number of hydrogen-bond donors (Lipinski definition) is 0. The summed E-state index contributed by atoms with van der Waals surface area (Å²) in [6.45, 7) is 1.44. The van der Waals surface area contributed by atoms with Gasteiger partial charge in [0, 0.05) is 29.2 Å². The van der Waals surface area contributed by atoms with Crippen LogP contribution in [0, 0.1) is 35.0 Å². The fraction of sp³-hybridized carbons (Fsp3) is 0.107. The van der Waals surface area contributed by atoms with Gasteiger partial charge < -0.3 is 9.30 Å². The molecule has 0 unspecified atom stereocenters. The van der Waals surface area contributed by atoms with Crippen molar-refractivity contribution in [3.05, 3.63) is 107 Å². The second kappa shape index (κ2) is 10.00. The molecule has 4 rings (SSSR count). The molecule has 0 spiro atoms. The van der Waals surface area contributed by atoms with Gasteiger partial charge in [0.05, 0.1) is 17.2 Å². The first kappa shape index (κ1) is 20.1. The highest BCUT2D eigenvalue weighted by atomic mass is 16.5. The molecule has 0 aliphatic heterocycles. The van der Waals surface area contributed by atoms with Crippen LogP contribution < -0.4 is 0 Å². The van der Waals surface area contributed by atoms with E-state index in [-0.39, 0.29) is 0 Å². The molecule has 0 N–H and O–H groups in total. The fourth-order valence-corrected chi connectivity index (χ4v) is 3.31. The van der Waals surface area contributed by atoms with Crippen LogP contribution in [-0.4, -0.2) is 17.8 Å². The molecular formula is C28H20N2O. The van der Waals surface area contributed by atoms with E-state index in [0.717, 1.165) is 23.1 Å². The van der Waals surface area contributed by atoms with Crippen LogP contribution >= 0.6 is 0 Å². The van der Waals surface area contributed by atoms with Crippen LogP contribution in [0.1, 0.15) is 22.3 Å². The van der Waals surface area contributed by atoms with Crippen molar-refractivity contribution in [2.24, 2.45) is 0 Å². The number of aromatic nitrogens is 1.